The van der Waals surface area contributed by atoms with Gasteiger partial charge in [0.25, 0.3) is 0 Å². The van der Waals surface area contributed by atoms with Gasteiger partial charge in [0.05, 0.1) is 24.6 Å². The van der Waals surface area contributed by atoms with E-state index in [-0.39, 0.29) is 24.2 Å². The molecule has 110 valence electrons. The molecule has 0 saturated carbocycles. The SMILES string of the molecule is CCOC(=O)C1CCCN(C(=O)Cc2ocnc2C)C1. The smallest absolute Gasteiger partial charge is 0.310 e. The number of esters is 1. The number of aryl methyl sites for hydroxylation is 1. The first-order valence-corrected chi connectivity index (χ1v) is 6.95. The molecular formula is C14H20N2O4. The van der Waals surface area contributed by atoms with Crippen molar-refractivity contribution in [3.05, 3.63) is 17.8 Å². The molecule has 0 bridgehead atoms. The fourth-order valence-corrected chi connectivity index (χ4v) is 2.40. The van der Waals surface area contributed by atoms with E-state index >= 15 is 0 Å². The summed E-state index contributed by atoms with van der Waals surface area (Å²) in [6.07, 6.45) is 3.14. The van der Waals surface area contributed by atoms with Gasteiger partial charge in [-0.05, 0) is 26.7 Å². The number of carbonyl (C=O) groups is 2. The van der Waals surface area contributed by atoms with Crippen LogP contribution in [-0.4, -0.2) is 41.5 Å². The summed E-state index contributed by atoms with van der Waals surface area (Å²) in [4.78, 5) is 29.7. The Balaban J connectivity index is 1.93. The molecule has 1 fully saturated rings. The van der Waals surface area contributed by atoms with Gasteiger partial charge in [-0.1, -0.05) is 0 Å². The Morgan fingerprint density at radius 2 is 2.35 bits per heavy atom. The predicted molar refractivity (Wildman–Crippen MR) is 70.9 cm³/mol. The van der Waals surface area contributed by atoms with E-state index in [0.29, 0.717) is 25.5 Å². The van der Waals surface area contributed by atoms with Gasteiger partial charge in [-0.3, -0.25) is 9.59 Å². The van der Waals surface area contributed by atoms with Crippen LogP contribution in [0.1, 0.15) is 31.2 Å². The van der Waals surface area contributed by atoms with Crippen molar-refractivity contribution in [3.8, 4) is 0 Å². The fraction of sp³-hybridized carbons (Fsp3) is 0.643. The molecule has 1 atom stereocenters. The highest BCUT2D eigenvalue weighted by Crippen LogP contribution is 2.19. The second-order valence-corrected chi connectivity index (χ2v) is 4.97. The molecule has 1 aromatic heterocycles. The molecule has 1 aliphatic rings. The standard InChI is InChI=1S/C14H20N2O4/c1-3-19-14(18)11-5-4-6-16(8-11)13(17)7-12-10(2)15-9-20-12/h9,11H,3-8H2,1-2H3. The van der Waals surface area contributed by atoms with E-state index in [1.807, 2.05) is 6.92 Å². The summed E-state index contributed by atoms with van der Waals surface area (Å²) in [6, 6.07) is 0. The Bertz CT molecular complexity index is 483. The van der Waals surface area contributed by atoms with Crippen molar-refractivity contribution in [3.63, 3.8) is 0 Å². The number of hydrogen-bond donors (Lipinski definition) is 0. The van der Waals surface area contributed by atoms with Crippen LogP contribution in [0.2, 0.25) is 0 Å². The Hall–Kier alpha value is -1.85. The number of carbonyl (C=O) groups excluding carboxylic acids is 2. The van der Waals surface area contributed by atoms with Crippen LogP contribution in [0.3, 0.4) is 0 Å². The van der Waals surface area contributed by atoms with Crippen molar-refractivity contribution in [1.29, 1.82) is 0 Å². The summed E-state index contributed by atoms with van der Waals surface area (Å²) in [6.45, 7) is 5.09. The molecule has 6 nitrogen and oxygen atoms in total. The molecule has 2 heterocycles. The number of oxazole rings is 1. The van der Waals surface area contributed by atoms with Crippen LogP contribution in [0, 0.1) is 12.8 Å². The van der Waals surface area contributed by atoms with E-state index < -0.39 is 0 Å². The van der Waals surface area contributed by atoms with E-state index in [0.717, 1.165) is 18.5 Å². The van der Waals surface area contributed by atoms with Gasteiger partial charge >= 0.3 is 5.97 Å². The minimum Gasteiger partial charge on any atom is -0.466 e. The lowest BCUT2D eigenvalue weighted by molar-refractivity contribution is -0.151. The number of hydrogen-bond acceptors (Lipinski definition) is 5. The zero-order valence-corrected chi connectivity index (χ0v) is 11.9. The van der Waals surface area contributed by atoms with Crippen molar-refractivity contribution in [2.75, 3.05) is 19.7 Å². The Labute approximate surface area is 118 Å². The topological polar surface area (TPSA) is 72.6 Å². The summed E-state index contributed by atoms with van der Waals surface area (Å²) in [5.41, 5.74) is 0.734. The normalized spacial score (nSPS) is 18.9. The minimum absolute atomic E-state index is 0.0288. The first-order chi connectivity index (χ1) is 9.61. The second-order valence-electron chi connectivity index (χ2n) is 4.97. The van der Waals surface area contributed by atoms with E-state index in [1.165, 1.54) is 6.39 Å². The highest BCUT2D eigenvalue weighted by atomic mass is 16.5. The van der Waals surface area contributed by atoms with Crippen LogP contribution in [0.4, 0.5) is 0 Å². The van der Waals surface area contributed by atoms with E-state index in [9.17, 15) is 9.59 Å². The molecule has 6 heteroatoms. The molecule has 1 amide bonds. The third-order valence-corrected chi connectivity index (χ3v) is 3.55. The molecule has 2 rings (SSSR count). The van der Waals surface area contributed by atoms with Crippen LogP contribution >= 0.6 is 0 Å². The molecular weight excluding hydrogens is 260 g/mol. The van der Waals surface area contributed by atoms with Gasteiger partial charge in [0, 0.05) is 13.1 Å². The monoisotopic (exact) mass is 280 g/mol. The second kappa shape index (κ2) is 6.54. The largest absolute Gasteiger partial charge is 0.466 e. The first kappa shape index (κ1) is 14.6. The maximum Gasteiger partial charge on any atom is 0.310 e. The first-order valence-electron chi connectivity index (χ1n) is 6.95. The van der Waals surface area contributed by atoms with Crippen molar-refractivity contribution >= 4 is 11.9 Å². The van der Waals surface area contributed by atoms with Gasteiger partial charge < -0.3 is 14.1 Å². The zero-order chi connectivity index (χ0) is 14.5. The fourth-order valence-electron chi connectivity index (χ4n) is 2.40. The van der Waals surface area contributed by atoms with E-state index in [1.54, 1.807) is 11.8 Å². The van der Waals surface area contributed by atoms with Gasteiger partial charge in [-0.25, -0.2) is 4.98 Å². The molecule has 1 saturated heterocycles. The van der Waals surface area contributed by atoms with Gasteiger partial charge in [-0.15, -0.1) is 0 Å². The van der Waals surface area contributed by atoms with Crippen molar-refractivity contribution < 1.29 is 18.7 Å². The summed E-state index contributed by atoms with van der Waals surface area (Å²) in [5.74, 6) is 0.149. The molecule has 20 heavy (non-hydrogen) atoms. The average molecular weight is 280 g/mol. The molecule has 0 aliphatic carbocycles. The summed E-state index contributed by atoms with van der Waals surface area (Å²) in [7, 11) is 0. The summed E-state index contributed by atoms with van der Waals surface area (Å²) in [5, 5.41) is 0. The van der Waals surface area contributed by atoms with E-state index in [2.05, 4.69) is 4.98 Å². The lowest BCUT2D eigenvalue weighted by Gasteiger charge is -2.31. The summed E-state index contributed by atoms with van der Waals surface area (Å²) < 4.78 is 10.2. The van der Waals surface area contributed by atoms with Crippen LogP contribution < -0.4 is 0 Å². The van der Waals surface area contributed by atoms with Crippen molar-refractivity contribution in [1.82, 2.24) is 9.88 Å². The maximum atomic E-state index is 12.2. The molecule has 0 aromatic carbocycles. The zero-order valence-electron chi connectivity index (χ0n) is 11.9. The number of likely N-dealkylation sites (tertiary alicyclic amines) is 1. The number of nitrogens with zero attached hydrogens (tertiary/aromatic N) is 2. The number of rotatable bonds is 4. The van der Waals surface area contributed by atoms with Crippen LogP contribution in [0.25, 0.3) is 0 Å². The van der Waals surface area contributed by atoms with Gasteiger partial charge in [0.2, 0.25) is 5.91 Å². The number of amides is 1. The molecule has 1 aromatic rings. The molecule has 1 aliphatic heterocycles. The lowest BCUT2D eigenvalue weighted by atomic mass is 9.98. The minimum atomic E-state index is -0.208. The number of piperidine rings is 1. The molecule has 0 spiro atoms. The van der Waals surface area contributed by atoms with Crippen LogP contribution in [0.15, 0.2) is 10.8 Å². The summed E-state index contributed by atoms with van der Waals surface area (Å²) >= 11 is 0. The molecule has 0 N–H and O–H groups in total. The van der Waals surface area contributed by atoms with Gasteiger partial charge in [0.1, 0.15) is 5.76 Å². The highest BCUT2D eigenvalue weighted by molar-refractivity contribution is 5.80. The van der Waals surface area contributed by atoms with Gasteiger partial charge in [0.15, 0.2) is 6.39 Å². The van der Waals surface area contributed by atoms with Crippen molar-refractivity contribution in [2.24, 2.45) is 5.92 Å². The number of ether oxygens (including phenoxy) is 1. The quantitative estimate of drug-likeness (QED) is 0.778. The van der Waals surface area contributed by atoms with Crippen molar-refractivity contribution in [2.45, 2.75) is 33.1 Å². The van der Waals surface area contributed by atoms with Crippen LogP contribution in [0.5, 0.6) is 0 Å². The number of aromatic nitrogens is 1. The lowest BCUT2D eigenvalue weighted by Crippen LogP contribution is -2.43. The average Bonchev–Trinajstić information content (AvgIpc) is 2.85. The Kier molecular flexibility index (Phi) is 4.76. The van der Waals surface area contributed by atoms with Crippen LogP contribution in [-0.2, 0) is 20.7 Å². The molecule has 1 unspecified atom stereocenters. The Morgan fingerprint density at radius 1 is 1.55 bits per heavy atom. The Morgan fingerprint density at radius 3 is 3.00 bits per heavy atom. The molecule has 0 radical (unpaired) electrons. The van der Waals surface area contributed by atoms with E-state index in [4.69, 9.17) is 9.15 Å². The predicted octanol–water partition coefficient (Wildman–Crippen LogP) is 1.33. The third kappa shape index (κ3) is 3.37. The highest BCUT2D eigenvalue weighted by Gasteiger charge is 2.29. The maximum absolute atomic E-state index is 12.2. The third-order valence-electron chi connectivity index (χ3n) is 3.55. The van der Waals surface area contributed by atoms with Gasteiger partial charge in [-0.2, -0.15) is 0 Å².